The zero-order chi connectivity index (χ0) is 15.0. The second-order valence-electron chi connectivity index (χ2n) is 5.00. The van der Waals surface area contributed by atoms with Crippen LogP contribution < -0.4 is 21.9 Å². The van der Waals surface area contributed by atoms with Gasteiger partial charge in [0.25, 0.3) is 5.56 Å². The largest absolute Gasteiger partial charge is 0.343 e. The fourth-order valence-corrected chi connectivity index (χ4v) is 2.12. The molecule has 0 aliphatic rings. The van der Waals surface area contributed by atoms with Gasteiger partial charge in [0.15, 0.2) is 11.2 Å². The summed E-state index contributed by atoms with van der Waals surface area (Å²) in [5.41, 5.74) is 5.48. The molecule has 0 amide bonds. The number of imidazole rings is 1. The number of nitrogens with zero attached hydrogens (tertiary/aromatic N) is 4. The van der Waals surface area contributed by atoms with Crippen LogP contribution in [0.3, 0.4) is 0 Å². The van der Waals surface area contributed by atoms with E-state index in [1.165, 1.54) is 11.6 Å². The van der Waals surface area contributed by atoms with Gasteiger partial charge in [0, 0.05) is 27.2 Å². The number of aromatic nitrogens is 4. The smallest absolute Gasteiger partial charge is 0.332 e. The molecule has 0 fully saturated rings. The highest BCUT2D eigenvalue weighted by Gasteiger charge is 2.17. The number of rotatable bonds is 4. The van der Waals surface area contributed by atoms with Crippen LogP contribution in [0.2, 0.25) is 0 Å². The third-order valence-electron chi connectivity index (χ3n) is 3.66. The Morgan fingerprint density at radius 2 is 2.00 bits per heavy atom. The third-order valence-corrected chi connectivity index (χ3v) is 3.66. The molecule has 8 heteroatoms. The lowest BCUT2D eigenvalue weighted by molar-refractivity contribution is 0.625. The lowest BCUT2D eigenvalue weighted by Gasteiger charge is -2.23. The Hall–Kier alpha value is -2.09. The molecule has 0 aromatic carbocycles. The molecule has 0 saturated carbocycles. The van der Waals surface area contributed by atoms with E-state index in [1.54, 1.807) is 7.05 Å². The maximum atomic E-state index is 12.1. The van der Waals surface area contributed by atoms with Gasteiger partial charge in [0.2, 0.25) is 5.95 Å². The minimum atomic E-state index is -0.391. The van der Waals surface area contributed by atoms with E-state index in [4.69, 9.17) is 5.73 Å². The number of fused-ring (bicyclic) bond motifs is 1. The van der Waals surface area contributed by atoms with Crippen molar-refractivity contribution in [1.82, 2.24) is 19.1 Å². The van der Waals surface area contributed by atoms with Crippen molar-refractivity contribution in [2.24, 2.45) is 19.8 Å². The first-order valence-corrected chi connectivity index (χ1v) is 6.47. The average Bonchev–Trinajstić information content (AvgIpc) is 2.87. The third kappa shape index (κ3) is 2.11. The molecule has 3 N–H and O–H groups in total. The van der Waals surface area contributed by atoms with Crippen molar-refractivity contribution >= 4 is 17.1 Å². The van der Waals surface area contributed by atoms with E-state index in [1.807, 2.05) is 18.9 Å². The van der Waals surface area contributed by atoms with E-state index in [2.05, 4.69) is 9.97 Å². The van der Waals surface area contributed by atoms with Gasteiger partial charge in [0.1, 0.15) is 0 Å². The Bertz CT molecular complexity index is 741. The SMILES string of the molecule is CC(CCN)N(C)c1nc2c([nH]1)c(=O)n(C)c(=O)n2C. The zero-order valence-corrected chi connectivity index (χ0v) is 12.2. The first-order chi connectivity index (χ1) is 9.38. The quantitative estimate of drug-likeness (QED) is 0.758. The fraction of sp³-hybridized carbons (Fsp3) is 0.583. The molecule has 2 aromatic heterocycles. The highest BCUT2D eigenvalue weighted by Crippen LogP contribution is 2.15. The number of hydrogen-bond acceptors (Lipinski definition) is 5. The van der Waals surface area contributed by atoms with Gasteiger partial charge in [-0.1, -0.05) is 0 Å². The molecule has 2 rings (SSSR count). The monoisotopic (exact) mass is 280 g/mol. The summed E-state index contributed by atoms with van der Waals surface area (Å²) in [5, 5.41) is 0. The molecule has 0 aliphatic carbocycles. The zero-order valence-electron chi connectivity index (χ0n) is 12.2. The van der Waals surface area contributed by atoms with Crippen molar-refractivity contribution in [1.29, 1.82) is 0 Å². The van der Waals surface area contributed by atoms with E-state index in [0.29, 0.717) is 23.7 Å². The topological polar surface area (TPSA) is 102 Å². The summed E-state index contributed by atoms with van der Waals surface area (Å²) < 4.78 is 2.42. The van der Waals surface area contributed by atoms with Crippen LogP contribution in [0.25, 0.3) is 11.2 Å². The Balaban J connectivity index is 2.60. The number of hydrogen-bond donors (Lipinski definition) is 2. The highest BCUT2D eigenvalue weighted by atomic mass is 16.2. The van der Waals surface area contributed by atoms with Gasteiger partial charge in [-0.2, -0.15) is 4.98 Å². The van der Waals surface area contributed by atoms with Crippen molar-refractivity contribution < 1.29 is 0 Å². The highest BCUT2D eigenvalue weighted by molar-refractivity contribution is 5.72. The summed E-state index contributed by atoms with van der Waals surface area (Å²) in [6.45, 7) is 2.60. The van der Waals surface area contributed by atoms with Crippen LogP contribution in [-0.2, 0) is 14.1 Å². The minimum Gasteiger partial charge on any atom is -0.343 e. The molecular weight excluding hydrogens is 260 g/mol. The second kappa shape index (κ2) is 5.12. The van der Waals surface area contributed by atoms with Gasteiger partial charge in [-0.05, 0) is 19.9 Å². The Morgan fingerprint density at radius 3 is 2.60 bits per heavy atom. The van der Waals surface area contributed by atoms with Gasteiger partial charge >= 0.3 is 5.69 Å². The van der Waals surface area contributed by atoms with Crippen LogP contribution in [0.15, 0.2) is 9.59 Å². The average molecular weight is 280 g/mol. The van der Waals surface area contributed by atoms with Crippen molar-refractivity contribution in [3.63, 3.8) is 0 Å². The molecular formula is C12H20N6O2. The van der Waals surface area contributed by atoms with Crippen LogP contribution >= 0.6 is 0 Å². The summed E-state index contributed by atoms with van der Waals surface area (Å²) in [7, 11) is 4.92. The summed E-state index contributed by atoms with van der Waals surface area (Å²) in [5.74, 6) is 0.555. The Kier molecular flexibility index (Phi) is 3.67. The molecule has 0 bridgehead atoms. The Labute approximate surface area is 115 Å². The molecule has 0 spiro atoms. The second-order valence-corrected chi connectivity index (χ2v) is 5.00. The lowest BCUT2D eigenvalue weighted by Crippen LogP contribution is -2.36. The first kappa shape index (κ1) is 14.3. The van der Waals surface area contributed by atoms with Crippen molar-refractivity contribution in [3.8, 4) is 0 Å². The molecule has 20 heavy (non-hydrogen) atoms. The molecule has 1 unspecified atom stereocenters. The van der Waals surface area contributed by atoms with Crippen molar-refractivity contribution in [3.05, 3.63) is 20.8 Å². The molecule has 0 aliphatic heterocycles. The molecule has 2 heterocycles. The maximum absolute atomic E-state index is 12.1. The summed E-state index contributed by atoms with van der Waals surface area (Å²) in [6, 6.07) is 0.182. The standard InChI is InChI=1S/C12H20N6O2/c1-7(5-6-13)16(2)11-14-8-9(15-11)17(3)12(20)18(4)10(8)19/h7H,5-6,13H2,1-4H3,(H,14,15). The van der Waals surface area contributed by atoms with Crippen LogP contribution in [0.5, 0.6) is 0 Å². The first-order valence-electron chi connectivity index (χ1n) is 6.47. The van der Waals surface area contributed by atoms with E-state index in [-0.39, 0.29) is 11.6 Å². The number of aryl methyl sites for hydroxylation is 1. The number of nitrogens with one attached hydrogen (secondary N) is 1. The van der Waals surface area contributed by atoms with E-state index < -0.39 is 5.69 Å². The van der Waals surface area contributed by atoms with E-state index in [9.17, 15) is 9.59 Å². The van der Waals surface area contributed by atoms with Gasteiger partial charge in [-0.3, -0.25) is 13.9 Å². The van der Waals surface area contributed by atoms with Crippen molar-refractivity contribution in [2.45, 2.75) is 19.4 Å². The molecule has 2 aromatic rings. The van der Waals surface area contributed by atoms with Crippen LogP contribution in [0.1, 0.15) is 13.3 Å². The predicted octanol–water partition coefficient (Wildman–Crippen LogP) is -0.866. The van der Waals surface area contributed by atoms with Gasteiger partial charge in [-0.15, -0.1) is 0 Å². The van der Waals surface area contributed by atoms with Gasteiger partial charge < -0.3 is 15.6 Å². The number of nitrogens with two attached hydrogens (primary N) is 1. The number of anilines is 1. The molecule has 0 radical (unpaired) electrons. The normalized spacial score (nSPS) is 12.8. The molecule has 1 atom stereocenters. The molecule has 0 saturated heterocycles. The Morgan fingerprint density at radius 1 is 1.35 bits per heavy atom. The summed E-state index contributed by atoms with van der Waals surface area (Å²) in [4.78, 5) is 33.2. The maximum Gasteiger partial charge on any atom is 0.332 e. The van der Waals surface area contributed by atoms with Crippen LogP contribution in [0, 0.1) is 0 Å². The summed E-state index contributed by atoms with van der Waals surface area (Å²) >= 11 is 0. The summed E-state index contributed by atoms with van der Waals surface area (Å²) in [6.07, 6.45) is 0.810. The van der Waals surface area contributed by atoms with Crippen LogP contribution in [0.4, 0.5) is 5.95 Å². The fourth-order valence-electron chi connectivity index (χ4n) is 2.12. The lowest BCUT2D eigenvalue weighted by atomic mass is 10.2. The molecule has 8 nitrogen and oxygen atoms in total. The van der Waals surface area contributed by atoms with E-state index >= 15 is 0 Å². The molecule has 110 valence electrons. The van der Waals surface area contributed by atoms with Crippen molar-refractivity contribution in [2.75, 3.05) is 18.5 Å². The van der Waals surface area contributed by atoms with Crippen LogP contribution in [-0.4, -0.2) is 38.7 Å². The number of H-pyrrole nitrogens is 1. The number of aromatic amines is 1. The minimum absolute atomic E-state index is 0.182. The van der Waals surface area contributed by atoms with Gasteiger partial charge in [0.05, 0.1) is 0 Å². The van der Waals surface area contributed by atoms with Gasteiger partial charge in [-0.25, -0.2) is 4.79 Å². The van der Waals surface area contributed by atoms with E-state index in [0.717, 1.165) is 11.0 Å². The predicted molar refractivity (Wildman–Crippen MR) is 78.1 cm³/mol.